The number of aromatic nitrogens is 2. The van der Waals surface area contributed by atoms with Crippen LogP contribution in [0.5, 0.6) is 11.5 Å². The zero-order valence-corrected chi connectivity index (χ0v) is 16.4. The van der Waals surface area contributed by atoms with Crippen LogP contribution in [-0.2, 0) is 17.6 Å². The molecule has 4 heterocycles. The molecule has 0 saturated carbocycles. The summed E-state index contributed by atoms with van der Waals surface area (Å²) in [6.45, 7) is 5.25. The van der Waals surface area contributed by atoms with E-state index >= 15 is 0 Å². The lowest BCUT2D eigenvalue weighted by molar-refractivity contribution is 0.0787. The monoisotopic (exact) mass is 396 g/mol. The average Bonchev–Trinajstić information content (AvgIpc) is 3.37. The van der Waals surface area contributed by atoms with E-state index in [9.17, 15) is 4.79 Å². The van der Waals surface area contributed by atoms with Crippen molar-refractivity contribution in [2.45, 2.75) is 32.3 Å². The highest BCUT2D eigenvalue weighted by Crippen LogP contribution is 2.33. The van der Waals surface area contributed by atoms with E-state index in [1.807, 2.05) is 25.1 Å². The lowest BCUT2D eigenvalue weighted by Crippen LogP contribution is -2.36. The molecule has 1 fully saturated rings. The molecule has 1 atom stereocenters. The fourth-order valence-electron chi connectivity index (χ4n) is 4.19. The fourth-order valence-corrected chi connectivity index (χ4v) is 4.19. The molecule has 1 unspecified atom stereocenters. The van der Waals surface area contributed by atoms with Crippen LogP contribution in [0, 0.1) is 0 Å². The van der Waals surface area contributed by atoms with Gasteiger partial charge in [-0.3, -0.25) is 4.79 Å². The van der Waals surface area contributed by atoms with E-state index in [-0.39, 0.29) is 18.8 Å². The minimum absolute atomic E-state index is 0.123. The number of anilines is 1. The summed E-state index contributed by atoms with van der Waals surface area (Å²) in [5.74, 6) is 2.87. The number of rotatable bonds is 5. The number of amides is 1. The molecule has 3 aliphatic rings. The molecule has 0 spiro atoms. The lowest BCUT2D eigenvalue weighted by Gasteiger charge is -2.25. The lowest BCUT2D eigenvalue weighted by atomic mass is 10.0. The number of nitrogens with zero attached hydrogens (tertiary/aromatic N) is 3. The molecule has 1 aromatic carbocycles. The predicted molar refractivity (Wildman–Crippen MR) is 106 cm³/mol. The zero-order chi connectivity index (χ0) is 19.8. The van der Waals surface area contributed by atoms with Crippen molar-refractivity contribution < 1.29 is 19.0 Å². The number of nitrogens with one attached hydrogen (secondary N) is 1. The summed E-state index contributed by atoms with van der Waals surface area (Å²) in [6.07, 6.45) is 2.44. The Kier molecular flexibility index (Phi) is 4.71. The van der Waals surface area contributed by atoms with E-state index in [4.69, 9.17) is 19.2 Å². The van der Waals surface area contributed by atoms with Crippen molar-refractivity contribution >= 4 is 11.7 Å². The van der Waals surface area contributed by atoms with Crippen molar-refractivity contribution in [3.05, 3.63) is 40.8 Å². The van der Waals surface area contributed by atoms with Crippen LogP contribution < -0.4 is 19.7 Å². The smallest absolute Gasteiger partial charge is 0.270 e. The maximum absolute atomic E-state index is 12.5. The first-order valence-corrected chi connectivity index (χ1v) is 10.1. The first-order chi connectivity index (χ1) is 14.2. The van der Waals surface area contributed by atoms with Gasteiger partial charge in [-0.25, -0.2) is 9.97 Å². The summed E-state index contributed by atoms with van der Waals surface area (Å²) in [5.41, 5.74) is 2.46. The number of fused-ring (bicyclic) bond motifs is 2. The number of carbonyl (C=O) groups is 1. The molecule has 8 nitrogen and oxygen atoms in total. The van der Waals surface area contributed by atoms with E-state index in [2.05, 4.69) is 15.2 Å². The van der Waals surface area contributed by atoms with E-state index in [0.717, 1.165) is 54.4 Å². The van der Waals surface area contributed by atoms with Crippen LogP contribution in [0.15, 0.2) is 18.2 Å². The highest BCUT2D eigenvalue weighted by atomic mass is 16.7. The summed E-state index contributed by atoms with van der Waals surface area (Å²) >= 11 is 0. The zero-order valence-electron chi connectivity index (χ0n) is 16.4. The molecule has 0 aliphatic carbocycles. The van der Waals surface area contributed by atoms with Crippen LogP contribution >= 0.6 is 0 Å². The first-order valence-electron chi connectivity index (χ1n) is 10.1. The molecule has 3 aliphatic heterocycles. The quantitative estimate of drug-likeness (QED) is 0.823. The van der Waals surface area contributed by atoms with Gasteiger partial charge in [-0.2, -0.15) is 0 Å². The predicted octanol–water partition coefficient (Wildman–Crippen LogP) is 1.70. The molecule has 5 rings (SSSR count). The summed E-state index contributed by atoms with van der Waals surface area (Å²) in [4.78, 5) is 24.2. The van der Waals surface area contributed by atoms with Crippen LogP contribution in [-0.4, -0.2) is 55.0 Å². The normalized spacial score (nSPS) is 20.0. The van der Waals surface area contributed by atoms with Gasteiger partial charge in [0.05, 0.1) is 6.10 Å². The fraction of sp³-hybridized carbons (Fsp3) is 0.476. The van der Waals surface area contributed by atoms with Gasteiger partial charge in [0, 0.05) is 38.2 Å². The Morgan fingerprint density at radius 3 is 3.07 bits per heavy atom. The maximum atomic E-state index is 12.5. The van der Waals surface area contributed by atoms with Crippen molar-refractivity contribution in [3.63, 3.8) is 0 Å². The Balaban J connectivity index is 1.48. The first kappa shape index (κ1) is 18.2. The molecule has 152 valence electrons. The topological polar surface area (TPSA) is 85.8 Å². The minimum Gasteiger partial charge on any atom is -0.454 e. The second-order valence-electron chi connectivity index (χ2n) is 7.47. The summed E-state index contributed by atoms with van der Waals surface area (Å²) in [6, 6.07) is 5.83. The van der Waals surface area contributed by atoms with Crippen molar-refractivity contribution in [3.8, 4) is 11.5 Å². The van der Waals surface area contributed by atoms with Crippen LogP contribution in [0.1, 0.15) is 40.8 Å². The average molecular weight is 396 g/mol. The van der Waals surface area contributed by atoms with E-state index in [1.165, 1.54) is 0 Å². The second-order valence-corrected chi connectivity index (χ2v) is 7.47. The Hall–Kier alpha value is -2.87. The number of carbonyl (C=O) groups excluding carboxylic acids is 1. The van der Waals surface area contributed by atoms with Gasteiger partial charge < -0.3 is 24.4 Å². The third-order valence-corrected chi connectivity index (χ3v) is 5.55. The van der Waals surface area contributed by atoms with Crippen molar-refractivity contribution in [2.75, 3.05) is 37.9 Å². The Bertz CT molecular complexity index is 949. The van der Waals surface area contributed by atoms with Gasteiger partial charge in [-0.1, -0.05) is 6.07 Å². The summed E-state index contributed by atoms with van der Waals surface area (Å²) in [7, 11) is 0. The second kappa shape index (κ2) is 7.51. The van der Waals surface area contributed by atoms with E-state index < -0.39 is 0 Å². The molecule has 29 heavy (non-hydrogen) atoms. The van der Waals surface area contributed by atoms with Crippen molar-refractivity contribution in [2.24, 2.45) is 0 Å². The van der Waals surface area contributed by atoms with Crippen LogP contribution in [0.4, 0.5) is 5.82 Å². The highest BCUT2D eigenvalue weighted by molar-refractivity contribution is 5.96. The molecule has 1 aromatic heterocycles. The van der Waals surface area contributed by atoms with Crippen LogP contribution in [0.3, 0.4) is 0 Å². The standard InChI is InChI=1S/C21H24N4O4/c1-2-27-14-6-8-25(11-14)20-15-5-7-22-21(26)19(15)23-18(24-20)10-13-3-4-16-17(9-13)29-12-28-16/h3-4,9,14H,2,5-8,10-12H2,1H3,(H,22,26). The molecule has 1 amide bonds. The molecule has 1 saturated heterocycles. The maximum Gasteiger partial charge on any atom is 0.270 e. The Labute approximate surface area is 169 Å². The molecule has 8 heteroatoms. The van der Waals surface area contributed by atoms with Gasteiger partial charge in [-0.15, -0.1) is 0 Å². The molecular weight excluding hydrogens is 372 g/mol. The Morgan fingerprint density at radius 1 is 1.28 bits per heavy atom. The van der Waals surface area contributed by atoms with Crippen LogP contribution in [0.2, 0.25) is 0 Å². The third kappa shape index (κ3) is 3.48. The molecule has 1 N–H and O–H groups in total. The van der Waals surface area contributed by atoms with Gasteiger partial charge in [0.25, 0.3) is 5.91 Å². The van der Waals surface area contributed by atoms with Crippen LogP contribution in [0.25, 0.3) is 0 Å². The SMILES string of the molecule is CCOC1CCN(c2nc(Cc3ccc4c(c3)OCO4)nc3c2CCNC3=O)C1. The molecule has 2 aromatic rings. The number of hydrogen-bond acceptors (Lipinski definition) is 7. The van der Waals surface area contributed by atoms with E-state index in [1.54, 1.807) is 0 Å². The Morgan fingerprint density at radius 2 is 2.17 bits per heavy atom. The van der Waals surface area contributed by atoms with Gasteiger partial charge in [0.1, 0.15) is 17.3 Å². The van der Waals surface area contributed by atoms with Gasteiger partial charge in [0.15, 0.2) is 11.5 Å². The number of ether oxygens (including phenoxy) is 3. The number of hydrogen-bond donors (Lipinski definition) is 1. The molecule has 0 radical (unpaired) electrons. The van der Waals surface area contributed by atoms with Crippen molar-refractivity contribution in [1.82, 2.24) is 15.3 Å². The molecular formula is C21H24N4O4. The summed E-state index contributed by atoms with van der Waals surface area (Å²) < 4.78 is 16.7. The minimum atomic E-state index is -0.123. The third-order valence-electron chi connectivity index (χ3n) is 5.55. The largest absolute Gasteiger partial charge is 0.454 e. The van der Waals surface area contributed by atoms with Crippen molar-refractivity contribution in [1.29, 1.82) is 0 Å². The highest BCUT2D eigenvalue weighted by Gasteiger charge is 2.30. The molecule has 0 bridgehead atoms. The van der Waals surface area contributed by atoms with E-state index in [0.29, 0.717) is 31.1 Å². The van der Waals surface area contributed by atoms with Gasteiger partial charge >= 0.3 is 0 Å². The number of benzene rings is 1. The van der Waals surface area contributed by atoms with Gasteiger partial charge in [-0.05, 0) is 37.5 Å². The summed E-state index contributed by atoms with van der Waals surface area (Å²) in [5, 5.41) is 2.90. The van der Waals surface area contributed by atoms with Gasteiger partial charge in [0.2, 0.25) is 6.79 Å².